The number of pyridine rings is 1. The summed E-state index contributed by atoms with van der Waals surface area (Å²) < 4.78 is 10.9. The molecule has 0 bridgehead atoms. The molecule has 0 spiro atoms. The molecule has 1 saturated carbocycles. The highest BCUT2D eigenvalue weighted by Gasteiger charge is 2.25. The zero-order chi connectivity index (χ0) is 14.7. The first-order chi connectivity index (χ1) is 10.2. The Morgan fingerprint density at radius 2 is 2.00 bits per heavy atom. The molecule has 0 saturated heterocycles. The molecule has 114 valence electrons. The van der Waals surface area contributed by atoms with Gasteiger partial charge in [0.15, 0.2) is 5.75 Å². The molecule has 6 nitrogen and oxygen atoms in total. The number of nitrogens with one attached hydrogen (secondary N) is 1. The minimum absolute atomic E-state index is 0.171. The van der Waals surface area contributed by atoms with Gasteiger partial charge in [0.2, 0.25) is 0 Å². The van der Waals surface area contributed by atoms with E-state index in [0.29, 0.717) is 37.4 Å². The standard InChI is InChI=1S/C15H20N2O4/c18-15(19)10-1-3-11(4-2-10)16-9-12-5-6-13-14(17-12)21-8-7-20-13/h5-6,10-11,16H,1-4,7-9H2,(H,18,19). The largest absolute Gasteiger partial charge is 0.484 e. The maximum absolute atomic E-state index is 10.9. The van der Waals surface area contributed by atoms with Crippen molar-refractivity contribution in [2.24, 2.45) is 5.92 Å². The molecule has 2 aliphatic rings. The molecule has 0 radical (unpaired) electrons. The molecular formula is C15H20N2O4. The summed E-state index contributed by atoms with van der Waals surface area (Å²) in [4.78, 5) is 15.4. The summed E-state index contributed by atoms with van der Waals surface area (Å²) in [5.74, 6) is 0.430. The lowest BCUT2D eigenvalue weighted by molar-refractivity contribution is -0.142. The van der Waals surface area contributed by atoms with E-state index in [2.05, 4.69) is 10.3 Å². The normalized spacial score (nSPS) is 24.6. The number of fused-ring (bicyclic) bond motifs is 1. The molecule has 0 amide bonds. The van der Waals surface area contributed by atoms with Gasteiger partial charge in [-0.1, -0.05) is 0 Å². The Kier molecular flexibility index (Phi) is 4.24. The predicted molar refractivity (Wildman–Crippen MR) is 75.4 cm³/mol. The number of rotatable bonds is 4. The van der Waals surface area contributed by atoms with Crippen LogP contribution in [0.25, 0.3) is 0 Å². The SMILES string of the molecule is O=C(O)C1CCC(NCc2ccc3c(n2)OCCO3)CC1. The fraction of sp³-hybridized carbons (Fsp3) is 0.600. The van der Waals surface area contributed by atoms with Crippen LogP contribution in [-0.4, -0.2) is 35.3 Å². The lowest BCUT2D eigenvalue weighted by Gasteiger charge is -2.27. The van der Waals surface area contributed by atoms with Crippen LogP contribution in [0.5, 0.6) is 11.6 Å². The van der Waals surface area contributed by atoms with E-state index in [1.54, 1.807) is 0 Å². The number of carbonyl (C=O) groups is 1. The van der Waals surface area contributed by atoms with E-state index in [4.69, 9.17) is 14.6 Å². The number of carboxylic acid groups (broad SMARTS) is 1. The van der Waals surface area contributed by atoms with Crippen molar-refractivity contribution in [2.45, 2.75) is 38.3 Å². The van der Waals surface area contributed by atoms with Crippen LogP contribution < -0.4 is 14.8 Å². The molecule has 0 unspecified atom stereocenters. The second-order valence-corrected chi connectivity index (χ2v) is 5.57. The number of carboxylic acids is 1. The average molecular weight is 292 g/mol. The van der Waals surface area contributed by atoms with Crippen LogP contribution in [0, 0.1) is 5.92 Å². The molecule has 1 aliphatic heterocycles. The fourth-order valence-electron chi connectivity index (χ4n) is 2.86. The van der Waals surface area contributed by atoms with Gasteiger partial charge in [-0.3, -0.25) is 4.79 Å². The van der Waals surface area contributed by atoms with Crippen LogP contribution in [0.4, 0.5) is 0 Å². The van der Waals surface area contributed by atoms with Gasteiger partial charge in [-0.15, -0.1) is 0 Å². The van der Waals surface area contributed by atoms with Gasteiger partial charge in [-0.25, -0.2) is 4.98 Å². The van der Waals surface area contributed by atoms with Crippen molar-refractivity contribution in [2.75, 3.05) is 13.2 Å². The van der Waals surface area contributed by atoms with Crippen LogP contribution in [0.15, 0.2) is 12.1 Å². The van der Waals surface area contributed by atoms with Crippen molar-refractivity contribution in [3.63, 3.8) is 0 Å². The molecule has 1 fully saturated rings. The minimum Gasteiger partial charge on any atom is -0.484 e. The number of hydrogen-bond acceptors (Lipinski definition) is 5. The Morgan fingerprint density at radius 1 is 1.24 bits per heavy atom. The molecule has 2 heterocycles. The molecule has 0 atom stereocenters. The number of hydrogen-bond donors (Lipinski definition) is 2. The van der Waals surface area contributed by atoms with Crippen LogP contribution in [-0.2, 0) is 11.3 Å². The first-order valence-corrected chi connectivity index (χ1v) is 7.44. The van der Waals surface area contributed by atoms with Gasteiger partial charge in [0, 0.05) is 12.6 Å². The van der Waals surface area contributed by atoms with Gasteiger partial charge >= 0.3 is 5.97 Å². The third-order valence-corrected chi connectivity index (χ3v) is 4.11. The van der Waals surface area contributed by atoms with E-state index in [0.717, 1.165) is 31.4 Å². The van der Waals surface area contributed by atoms with Crippen molar-refractivity contribution in [1.29, 1.82) is 0 Å². The quantitative estimate of drug-likeness (QED) is 0.877. The van der Waals surface area contributed by atoms with E-state index >= 15 is 0 Å². The zero-order valence-corrected chi connectivity index (χ0v) is 11.9. The highest BCUT2D eigenvalue weighted by Crippen LogP contribution is 2.28. The Labute approximate surface area is 123 Å². The summed E-state index contributed by atoms with van der Waals surface area (Å²) in [5.41, 5.74) is 0.916. The third-order valence-electron chi connectivity index (χ3n) is 4.11. The van der Waals surface area contributed by atoms with E-state index in [9.17, 15) is 4.79 Å². The Bertz CT molecular complexity index is 512. The molecular weight excluding hydrogens is 272 g/mol. The van der Waals surface area contributed by atoms with E-state index in [1.807, 2.05) is 12.1 Å². The molecule has 21 heavy (non-hydrogen) atoms. The number of aliphatic carboxylic acids is 1. The number of ether oxygens (including phenoxy) is 2. The highest BCUT2D eigenvalue weighted by molar-refractivity contribution is 5.70. The number of nitrogens with zero attached hydrogens (tertiary/aromatic N) is 1. The van der Waals surface area contributed by atoms with E-state index in [1.165, 1.54) is 0 Å². The van der Waals surface area contributed by atoms with Crippen LogP contribution >= 0.6 is 0 Å². The summed E-state index contributed by atoms with van der Waals surface area (Å²) in [7, 11) is 0. The summed E-state index contributed by atoms with van der Waals surface area (Å²) >= 11 is 0. The molecule has 1 aliphatic carbocycles. The lowest BCUT2D eigenvalue weighted by Crippen LogP contribution is -2.34. The van der Waals surface area contributed by atoms with Gasteiger partial charge in [0.25, 0.3) is 5.88 Å². The first-order valence-electron chi connectivity index (χ1n) is 7.44. The first kappa shape index (κ1) is 14.1. The van der Waals surface area contributed by atoms with Gasteiger partial charge in [0.05, 0.1) is 11.6 Å². The predicted octanol–water partition coefficient (Wildman–Crippen LogP) is 1.59. The smallest absolute Gasteiger partial charge is 0.306 e. The average Bonchev–Trinajstić information content (AvgIpc) is 2.53. The van der Waals surface area contributed by atoms with Gasteiger partial charge in [-0.2, -0.15) is 0 Å². The zero-order valence-electron chi connectivity index (χ0n) is 11.9. The van der Waals surface area contributed by atoms with Crippen molar-refractivity contribution < 1.29 is 19.4 Å². The fourth-order valence-corrected chi connectivity index (χ4v) is 2.86. The van der Waals surface area contributed by atoms with Gasteiger partial charge < -0.3 is 19.9 Å². The van der Waals surface area contributed by atoms with E-state index in [-0.39, 0.29) is 5.92 Å². The molecule has 3 rings (SSSR count). The maximum Gasteiger partial charge on any atom is 0.306 e. The molecule has 2 N–H and O–H groups in total. The Morgan fingerprint density at radius 3 is 2.76 bits per heavy atom. The molecule has 0 aromatic carbocycles. The second-order valence-electron chi connectivity index (χ2n) is 5.57. The van der Waals surface area contributed by atoms with Gasteiger partial charge in [0.1, 0.15) is 13.2 Å². The van der Waals surface area contributed by atoms with Gasteiger partial charge in [-0.05, 0) is 37.8 Å². The van der Waals surface area contributed by atoms with E-state index < -0.39 is 5.97 Å². The van der Waals surface area contributed by atoms with Crippen LogP contribution in [0.1, 0.15) is 31.4 Å². The van der Waals surface area contributed by atoms with Crippen molar-refractivity contribution in [3.05, 3.63) is 17.8 Å². The third kappa shape index (κ3) is 3.44. The highest BCUT2D eigenvalue weighted by atomic mass is 16.6. The monoisotopic (exact) mass is 292 g/mol. The minimum atomic E-state index is -0.665. The summed E-state index contributed by atoms with van der Waals surface area (Å²) in [6.07, 6.45) is 3.31. The summed E-state index contributed by atoms with van der Waals surface area (Å²) in [6, 6.07) is 4.19. The molecule has 6 heteroatoms. The molecule has 1 aromatic heterocycles. The summed E-state index contributed by atoms with van der Waals surface area (Å²) in [6.45, 7) is 1.77. The topological polar surface area (TPSA) is 80.7 Å². The maximum atomic E-state index is 10.9. The summed E-state index contributed by atoms with van der Waals surface area (Å²) in [5, 5.41) is 12.4. The second kappa shape index (κ2) is 6.30. The van der Waals surface area contributed by atoms with Crippen LogP contribution in [0.3, 0.4) is 0 Å². The van der Waals surface area contributed by atoms with Crippen molar-refractivity contribution >= 4 is 5.97 Å². The Balaban J connectivity index is 1.50. The van der Waals surface area contributed by atoms with Crippen molar-refractivity contribution in [3.8, 4) is 11.6 Å². The Hall–Kier alpha value is -1.82. The lowest BCUT2D eigenvalue weighted by atomic mass is 9.86. The number of aromatic nitrogens is 1. The molecule has 1 aromatic rings. The van der Waals surface area contributed by atoms with Crippen molar-refractivity contribution in [1.82, 2.24) is 10.3 Å². The van der Waals surface area contributed by atoms with Crippen LogP contribution in [0.2, 0.25) is 0 Å².